The van der Waals surface area contributed by atoms with Crippen molar-refractivity contribution in [2.24, 2.45) is 18.4 Å². The minimum atomic E-state index is -3.65. The van der Waals surface area contributed by atoms with Crippen molar-refractivity contribution in [3.05, 3.63) is 52.8 Å². The Morgan fingerprint density at radius 1 is 1.31 bits per heavy atom. The van der Waals surface area contributed by atoms with Crippen LogP contribution in [0, 0.1) is 24.1 Å². The third-order valence-electron chi connectivity index (χ3n) is 6.85. The highest BCUT2D eigenvalue weighted by Gasteiger charge is 2.43. The molecule has 0 unspecified atom stereocenters. The lowest BCUT2D eigenvalue weighted by Crippen LogP contribution is -2.49. The Bertz CT molecular complexity index is 1100. The number of carbonyl (C=O) groups is 1. The number of rotatable bonds is 7. The maximum Gasteiger partial charge on any atom is 0.380 e. The number of nitrogens with one attached hydrogen (secondary N) is 1. The van der Waals surface area contributed by atoms with Crippen LogP contribution in [0.2, 0.25) is 5.02 Å². The van der Waals surface area contributed by atoms with Crippen LogP contribution in [0.3, 0.4) is 0 Å². The quantitative estimate of drug-likeness (QED) is 0.615. The van der Waals surface area contributed by atoms with Gasteiger partial charge in [-0.05, 0) is 42.7 Å². The molecule has 32 heavy (non-hydrogen) atoms. The lowest BCUT2D eigenvalue weighted by Gasteiger charge is -2.41. The fourth-order valence-corrected chi connectivity index (χ4v) is 6.36. The summed E-state index contributed by atoms with van der Waals surface area (Å²) in [6.45, 7) is 2.90. The Hall–Kier alpha value is -1.97. The first-order valence-corrected chi connectivity index (χ1v) is 12.7. The fraction of sp³-hybridized carbons (Fsp3) is 0.545. The first kappa shape index (κ1) is 23.2. The van der Waals surface area contributed by atoms with Crippen LogP contribution >= 0.6 is 11.6 Å². The van der Waals surface area contributed by atoms with E-state index in [4.69, 9.17) is 11.6 Å². The molecule has 2 aromatic rings. The van der Waals surface area contributed by atoms with Crippen molar-refractivity contribution in [3.63, 3.8) is 0 Å². The molecule has 0 radical (unpaired) electrons. The number of imidazole rings is 1. The number of aromatic nitrogens is 2. The SMILES string of the molecule is Cc1n(S(=O)(=O)N2CCC(CNC(=O)c3c(F)cccc3Cl)(CC3CC3)CC2)cc[n+]1C. The van der Waals surface area contributed by atoms with E-state index < -0.39 is 21.9 Å². The van der Waals surface area contributed by atoms with Gasteiger partial charge in [-0.2, -0.15) is 12.7 Å². The average molecular weight is 484 g/mol. The zero-order valence-electron chi connectivity index (χ0n) is 18.4. The standard InChI is InChI=1S/C22H28ClFN4O3S/c1-16-26(2)12-13-28(16)32(30,31)27-10-8-22(9-11-27,14-17-6-7-17)15-25-21(29)20-18(23)4-3-5-19(20)24/h3-5,12-13,17H,6-11,14-15H2,1-2H3/p+1. The lowest BCUT2D eigenvalue weighted by molar-refractivity contribution is -0.676. The maximum absolute atomic E-state index is 14.1. The van der Waals surface area contributed by atoms with E-state index in [1.807, 2.05) is 7.05 Å². The van der Waals surface area contributed by atoms with Gasteiger partial charge in [0.1, 0.15) is 18.2 Å². The molecule has 1 saturated heterocycles. The summed E-state index contributed by atoms with van der Waals surface area (Å²) < 4.78 is 45.0. The van der Waals surface area contributed by atoms with Crippen LogP contribution in [0.4, 0.5) is 4.39 Å². The van der Waals surface area contributed by atoms with Crippen LogP contribution < -0.4 is 9.88 Å². The van der Waals surface area contributed by atoms with Crippen molar-refractivity contribution < 1.29 is 22.2 Å². The predicted octanol–water partition coefficient (Wildman–Crippen LogP) is 2.82. The van der Waals surface area contributed by atoms with Crippen LogP contribution in [0.15, 0.2) is 30.6 Å². The molecule has 1 N–H and O–H groups in total. The maximum atomic E-state index is 14.1. The van der Waals surface area contributed by atoms with Crippen LogP contribution in [0.25, 0.3) is 0 Å². The normalized spacial score (nSPS) is 19.1. The summed E-state index contributed by atoms with van der Waals surface area (Å²) in [7, 11) is -1.84. The van der Waals surface area contributed by atoms with Crippen LogP contribution in [-0.4, -0.2) is 42.2 Å². The van der Waals surface area contributed by atoms with Crippen molar-refractivity contribution in [2.75, 3.05) is 19.6 Å². The third kappa shape index (κ3) is 4.56. The summed E-state index contributed by atoms with van der Waals surface area (Å²) in [6.07, 6.45) is 7.82. The summed E-state index contributed by atoms with van der Waals surface area (Å²) in [5.74, 6) is 0.0582. The molecule has 1 saturated carbocycles. The summed E-state index contributed by atoms with van der Waals surface area (Å²) in [5.41, 5.74) is -0.358. The van der Waals surface area contributed by atoms with E-state index >= 15 is 0 Å². The molecule has 174 valence electrons. The highest BCUT2D eigenvalue weighted by Crippen LogP contribution is 2.45. The molecule has 1 amide bonds. The number of benzene rings is 1. The lowest BCUT2D eigenvalue weighted by atomic mass is 9.74. The molecule has 2 aliphatic rings. The van der Waals surface area contributed by atoms with Gasteiger partial charge in [-0.1, -0.05) is 30.5 Å². The second-order valence-corrected chi connectivity index (χ2v) is 11.3. The molecule has 1 aliphatic heterocycles. The predicted molar refractivity (Wildman–Crippen MR) is 119 cm³/mol. The molecule has 2 heterocycles. The number of hydrogen-bond donors (Lipinski definition) is 1. The van der Waals surface area contributed by atoms with Gasteiger partial charge < -0.3 is 5.32 Å². The smallest absolute Gasteiger partial charge is 0.351 e. The van der Waals surface area contributed by atoms with Gasteiger partial charge >= 0.3 is 10.2 Å². The number of halogens is 2. The Kier molecular flexibility index (Phi) is 6.35. The molecule has 4 rings (SSSR count). The highest BCUT2D eigenvalue weighted by atomic mass is 35.5. The van der Waals surface area contributed by atoms with Gasteiger partial charge in [-0.15, -0.1) is 3.97 Å². The third-order valence-corrected chi connectivity index (χ3v) is 9.06. The van der Waals surface area contributed by atoms with E-state index in [0.29, 0.717) is 44.2 Å². The van der Waals surface area contributed by atoms with E-state index in [1.165, 1.54) is 26.5 Å². The number of nitrogens with zero attached hydrogens (tertiary/aromatic N) is 3. The number of carbonyl (C=O) groups excluding carboxylic acids is 1. The van der Waals surface area contributed by atoms with Gasteiger partial charge in [0.15, 0.2) is 0 Å². The minimum absolute atomic E-state index is 0.0786. The number of amides is 1. The monoisotopic (exact) mass is 483 g/mol. The van der Waals surface area contributed by atoms with E-state index in [2.05, 4.69) is 5.32 Å². The van der Waals surface area contributed by atoms with Crippen molar-refractivity contribution in [1.82, 2.24) is 13.6 Å². The van der Waals surface area contributed by atoms with Gasteiger partial charge in [0.05, 0.1) is 17.6 Å². The topological polar surface area (TPSA) is 75.3 Å². The Labute approximate surface area is 193 Å². The fourth-order valence-electron chi connectivity index (χ4n) is 4.55. The molecular formula is C22H29ClFN4O3S+. The Morgan fingerprint density at radius 3 is 2.56 bits per heavy atom. The molecular weight excluding hydrogens is 455 g/mol. The second-order valence-electron chi connectivity index (χ2n) is 9.09. The van der Waals surface area contributed by atoms with Gasteiger partial charge in [0.25, 0.3) is 11.7 Å². The summed E-state index contributed by atoms with van der Waals surface area (Å²) in [6, 6.07) is 4.17. The van der Waals surface area contributed by atoms with Crippen LogP contribution in [-0.2, 0) is 17.3 Å². The van der Waals surface area contributed by atoms with Crippen LogP contribution in [0.5, 0.6) is 0 Å². The summed E-state index contributed by atoms with van der Waals surface area (Å²) >= 11 is 6.04. The number of piperidine rings is 1. The Morgan fingerprint density at radius 2 is 2.00 bits per heavy atom. The molecule has 0 bridgehead atoms. The van der Waals surface area contributed by atoms with Crippen molar-refractivity contribution >= 4 is 27.7 Å². The average Bonchev–Trinajstić information content (AvgIpc) is 3.49. The second kappa shape index (κ2) is 8.76. The first-order valence-electron chi connectivity index (χ1n) is 10.9. The summed E-state index contributed by atoms with van der Waals surface area (Å²) in [4.78, 5) is 12.7. The minimum Gasteiger partial charge on any atom is -0.351 e. The zero-order chi connectivity index (χ0) is 23.1. The molecule has 1 aromatic heterocycles. The van der Waals surface area contributed by atoms with E-state index in [-0.39, 0.29) is 16.0 Å². The summed E-state index contributed by atoms with van der Waals surface area (Å²) in [5, 5.41) is 2.96. The molecule has 1 aromatic carbocycles. The molecule has 10 heteroatoms. The molecule has 2 fully saturated rings. The Balaban J connectivity index is 1.47. The molecule has 1 aliphatic carbocycles. The van der Waals surface area contributed by atoms with Gasteiger partial charge in [0, 0.05) is 26.6 Å². The largest absolute Gasteiger partial charge is 0.380 e. The van der Waals surface area contributed by atoms with Crippen molar-refractivity contribution in [1.29, 1.82) is 0 Å². The highest BCUT2D eigenvalue weighted by molar-refractivity contribution is 7.87. The number of hydrogen-bond acceptors (Lipinski definition) is 3. The zero-order valence-corrected chi connectivity index (χ0v) is 19.9. The molecule has 0 atom stereocenters. The van der Waals surface area contributed by atoms with E-state index in [9.17, 15) is 17.6 Å². The van der Waals surface area contributed by atoms with Crippen LogP contribution in [0.1, 0.15) is 48.3 Å². The first-order chi connectivity index (χ1) is 15.1. The molecule has 0 spiro atoms. The van der Waals surface area contributed by atoms with Gasteiger partial charge in [-0.3, -0.25) is 4.79 Å². The van der Waals surface area contributed by atoms with Crippen molar-refractivity contribution in [3.8, 4) is 0 Å². The van der Waals surface area contributed by atoms with E-state index in [1.54, 1.807) is 23.9 Å². The van der Waals surface area contributed by atoms with E-state index in [0.717, 1.165) is 19.3 Å². The number of aryl methyl sites for hydroxylation is 1. The molecule has 7 nitrogen and oxygen atoms in total. The van der Waals surface area contributed by atoms with Gasteiger partial charge in [0.2, 0.25) is 0 Å². The van der Waals surface area contributed by atoms with Crippen molar-refractivity contribution in [2.45, 2.75) is 39.0 Å². The van der Waals surface area contributed by atoms with Gasteiger partial charge in [-0.25, -0.2) is 8.96 Å².